The van der Waals surface area contributed by atoms with Gasteiger partial charge in [0.1, 0.15) is 0 Å². The Labute approximate surface area is 134 Å². The first kappa shape index (κ1) is 13.8. The molecule has 23 heavy (non-hydrogen) atoms. The summed E-state index contributed by atoms with van der Waals surface area (Å²) in [7, 11) is 0. The highest BCUT2D eigenvalue weighted by Gasteiger charge is 2.33. The number of benzene rings is 1. The summed E-state index contributed by atoms with van der Waals surface area (Å²) in [5.41, 5.74) is 0.807. The molecule has 3 heterocycles. The lowest BCUT2D eigenvalue weighted by molar-refractivity contribution is 0.0498. The number of carbonyl (C=O) groups is 1. The third-order valence-electron chi connectivity index (χ3n) is 3.95. The van der Waals surface area contributed by atoms with Crippen LogP contribution in [0.3, 0.4) is 0 Å². The topological polar surface area (TPSA) is 99.7 Å². The standard InChI is InChI=1S/C14H12N6O2S/c21-12-10-2-1-8(5-11(10)16-14(23)17-12)13(22)19-6-9(7-19)20-4-3-15-18-20/h1-5,9H,6-7H2,(H2,16,17,21,23). The molecule has 0 spiro atoms. The van der Waals surface area contributed by atoms with Crippen LogP contribution >= 0.6 is 12.2 Å². The zero-order chi connectivity index (χ0) is 16.0. The second-order valence-electron chi connectivity index (χ2n) is 5.42. The molecule has 1 aliphatic heterocycles. The molecule has 1 fully saturated rings. The number of H-pyrrole nitrogens is 2. The molecule has 8 nitrogen and oxygen atoms in total. The van der Waals surface area contributed by atoms with Gasteiger partial charge in [0.2, 0.25) is 0 Å². The molecule has 2 N–H and O–H groups in total. The van der Waals surface area contributed by atoms with Gasteiger partial charge < -0.3 is 9.88 Å². The predicted octanol–water partition coefficient (Wildman–Crippen LogP) is 0.874. The van der Waals surface area contributed by atoms with Gasteiger partial charge in [0.25, 0.3) is 11.5 Å². The van der Waals surface area contributed by atoms with Crippen LogP contribution in [0.25, 0.3) is 10.9 Å². The Kier molecular flexibility index (Phi) is 3.08. The van der Waals surface area contributed by atoms with Crippen molar-refractivity contribution in [2.45, 2.75) is 6.04 Å². The van der Waals surface area contributed by atoms with Gasteiger partial charge in [-0.25, -0.2) is 4.68 Å². The number of nitrogens with zero attached hydrogens (tertiary/aromatic N) is 4. The molecule has 0 radical (unpaired) electrons. The number of carbonyl (C=O) groups excluding carboxylic acids is 1. The van der Waals surface area contributed by atoms with Crippen LogP contribution in [0.4, 0.5) is 0 Å². The predicted molar refractivity (Wildman–Crippen MR) is 84.7 cm³/mol. The Hall–Kier alpha value is -2.81. The lowest BCUT2D eigenvalue weighted by Gasteiger charge is -2.38. The smallest absolute Gasteiger partial charge is 0.259 e. The van der Waals surface area contributed by atoms with Gasteiger partial charge in [0.05, 0.1) is 23.1 Å². The van der Waals surface area contributed by atoms with Crippen LogP contribution in [0.2, 0.25) is 0 Å². The average Bonchev–Trinajstić information content (AvgIpc) is 2.98. The summed E-state index contributed by atoms with van der Waals surface area (Å²) in [4.78, 5) is 31.5. The van der Waals surface area contributed by atoms with Crippen molar-refractivity contribution in [2.24, 2.45) is 0 Å². The Morgan fingerprint density at radius 2 is 2.13 bits per heavy atom. The molecule has 0 aliphatic carbocycles. The number of fused-ring (bicyclic) bond motifs is 1. The van der Waals surface area contributed by atoms with Gasteiger partial charge in [-0.05, 0) is 30.4 Å². The fourth-order valence-corrected chi connectivity index (χ4v) is 2.89. The van der Waals surface area contributed by atoms with Crippen LogP contribution in [-0.2, 0) is 0 Å². The zero-order valence-electron chi connectivity index (χ0n) is 11.9. The van der Waals surface area contributed by atoms with E-state index in [-0.39, 0.29) is 22.3 Å². The van der Waals surface area contributed by atoms with Crippen LogP contribution in [0, 0.1) is 4.77 Å². The first-order chi connectivity index (χ1) is 11.1. The molecule has 0 atom stereocenters. The molecule has 2 aromatic heterocycles. The van der Waals surface area contributed by atoms with E-state index in [1.54, 1.807) is 40.2 Å². The highest BCUT2D eigenvalue weighted by atomic mass is 32.1. The third kappa shape index (κ3) is 2.34. The van der Waals surface area contributed by atoms with Crippen molar-refractivity contribution >= 4 is 29.0 Å². The second kappa shape index (κ2) is 5.13. The highest BCUT2D eigenvalue weighted by molar-refractivity contribution is 7.71. The summed E-state index contributed by atoms with van der Waals surface area (Å²) in [5, 5.41) is 8.18. The van der Waals surface area contributed by atoms with Crippen LogP contribution in [0.5, 0.6) is 0 Å². The maximum absolute atomic E-state index is 12.5. The third-order valence-corrected chi connectivity index (χ3v) is 4.16. The van der Waals surface area contributed by atoms with Crippen molar-refractivity contribution < 1.29 is 4.79 Å². The van der Waals surface area contributed by atoms with E-state index in [1.807, 2.05) is 0 Å². The van der Waals surface area contributed by atoms with Gasteiger partial charge in [-0.1, -0.05) is 5.21 Å². The van der Waals surface area contributed by atoms with Gasteiger partial charge in [-0.15, -0.1) is 5.10 Å². The van der Waals surface area contributed by atoms with Crippen LogP contribution < -0.4 is 5.56 Å². The monoisotopic (exact) mass is 328 g/mol. The van der Waals surface area contributed by atoms with Crippen LogP contribution in [0.1, 0.15) is 16.4 Å². The minimum Gasteiger partial charge on any atom is -0.334 e. The van der Waals surface area contributed by atoms with Crippen molar-refractivity contribution in [2.75, 3.05) is 13.1 Å². The summed E-state index contributed by atoms with van der Waals surface area (Å²) < 4.78 is 1.99. The van der Waals surface area contributed by atoms with Gasteiger partial charge in [-0.3, -0.25) is 14.6 Å². The maximum atomic E-state index is 12.5. The van der Waals surface area contributed by atoms with Gasteiger partial charge in [0, 0.05) is 24.8 Å². The number of rotatable bonds is 2. The van der Waals surface area contributed by atoms with Gasteiger partial charge in [-0.2, -0.15) is 0 Å². The number of nitrogens with one attached hydrogen (secondary N) is 2. The summed E-state index contributed by atoms with van der Waals surface area (Å²) in [6, 6.07) is 5.10. The molecule has 1 aromatic carbocycles. The normalized spacial score (nSPS) is 14.9. The first-order valence-corrected chi connectivity index (χ1v) is 7.44. The van der Waals surface area contributed by atoms with E-state index in [2.05, 4.69) is 20.3 Å². The second-order valence-corrected chi connectivity index (χ2v) is 5.82. The number of likely N-dealkylation sites (tertiary alicyclic amines) is 1. The van der Waals surface area contributed by atoms with Crippen molar-refractivity contribution in [3.8, 4) is 0 Å². The molecule has 116 valence electrons. The van der Waals surface area contributed by atoms with Crippen molar-refractivity contribution in [1.82, 2.24) is 29.9 Å². The van der Waals surface area contributed by atoms with E-state index in [4.69, 9.17) is 12.2 Å². The molecule has 3 aromatic rings. The molecule has 1 aliphatic rings. The molecule has 1 saturated heterocycles. The summed E-state index contributed by atoms with van der Waals surface area (Å²) in [6.07, 6.45) is 3.41. The Morgan fingerprint density at radius 1 is 1.30 bits per heavy atom. The van der Waals surface area contributed by atoms with Crippen molar-refractivity contribution in [3.63, 3.8) is 0 Å². The highest BCUT2D eigenvalue weighted by Crippen LogP contribution is 2.23. The van der Waals surface area contributed by atoms with Gasteiger partial charge in [0.15, 0.2) is 4.77 Å². The molecule has 1 amide bonds. The molecule has 0 unspecified atom stereocenters. The van der Waals surface area contributed by atoms with E-state index in [0.29, 0.717) is 29.6 Å². The summed E-state index contributed by atoms with van der Waals surface area (Å²) in [5.74, 6) is -0.0807. The number of amides is 1. The first-order valence-electron chi connectivity index (χ1n) is 7.03. The fraction of sp³-hybridized carbons (Fsp3) is 0.214. The Bertz CT molecular complexity index is 1000. The van der Waals surface area contributed by atoms with Crippen molar-refractivity contribution in [1.29, 1.82) is 0 Å². The van der Waals surface area contributed by atoms with Crippen molar-refractivity contribution in [3.05, 3.63) is 51.3 Å². The maximum Gasteiger partial charge on any atom is 0.259 e. The summed E-state index contributed by atoms with van der Waals surface area (Å²) >= 11 is 4.96. The van der Waals surface area contributed by atoms with E-state index in [1.165, 1.54) is 0 Å². The average molecular weight is 328 g/mol. The number of aromatic amines is 2. The van der Waals surface area contributed by atoms with E-state index in [9.17, 15) is 9.59 Å². The summed E-state index contributed by atoms with van der Waals surface area (Å²) in [6.45, 7) is 1.18. The molecule has 0 bridgehead atoms. The van der Waals surface area contributed by atoms with E-state index in [0.717, 1.165) is 0 Å². The molecular weight excluding hydrogens is 316 g/mol. The minimum atomic E-state index is -0.266. The zero-order valence-corrected chi connectivity index (χ0v) is 12.7. The Morgan fingerprint density at radius 3 is 2.87 bits per heavy atom. The fourth-order valence-electron chi connectivity index (χ4n) is 2.69. The molecule has 9 heteroatoms. The van der Waals surface area contributed by atoms with E-state index >= 15 is 0 Å². The number of aromatic nitrogens is 5. The largest absolute Gasteiger partial charge is 0.334 e. The van der Waals surface area contributed by atoms with E-state index < -0.39 is 0 Å². The van der Waals surface area contributed by atoms with Crippen LogP contribution in [-0.4, -0.2) is 48.9 Å². The number of hydrogen-bond acceptors (Lipinski definition) is 5. The SMILES string of the molecule is O=C(c1ccc2c(=O)[nH]c(=S)[nH]c2c1)N1CC(n2ccnn2)C1. The lowest BCUT2D eigenvalue weighted by Crippen LogP contribution is -2.50. The molecule has 0 saturated carbocycles. The molecule has 4 rings (SSSR count). The number of hydrogen-bond donors (Lipinski definition) is 2. The minimum absolute atomic E-state index is 0.0807. The lowest BCUT2D eigenvalue weighted by atomic mass is 10.1. The van der Waals surface area contributed by atoms with Crippen LogP contribution in [0.15, 0.2) is 35.4 Å². The van der Waals surface area contributed by atoms with Gasteiger partial charge >= 0.3 is 0 Å². The Balaban J connectivity index is 1.59. The molecular formula is C14H12N6O2S. The quantitative estimate of drug-likeness (QED) is 0.680.